The second kappa shape index (κ2) is 8.62. The van der Waals surface area contributed by atoms with Crippen molar-refractivity contribution in [1.29, 1.82) is 0 Å². The fourth-order valence-corrected chi connectivity index (χ4v) is 2.60. The van der Waals surface area contributed by atoms with Gasteiger partial charge in [0, 0.05) is 29.3 Å². The zero-order valence-electron chi connectivity index (χ0n) is 14.8. The molecule has 0 aliphatic carbocycles. The number of amides is 2. The third-order valence-electron chi connectivity index (χ3n) is 3.87. The SMILES string of the molecule is COc1ccccc1CC(=O)Nc1cccc(NC(=O)c2cccnc2)c1. The van der Waals surface area contributed by atoms with Crippen molar-refractivity contribution in [2.24, 2.45) is 0 Å². The van der Waals surface area contributed by atoms with Gasteiger partial charge in [0.05, 0.1) is 19.1 Å². The molecule has 0 saturated carbocycles. The molecule has 0 unspecified atom stereocenters. The third kappa shape index (κ3) is 4.92. The lowest BCUT2D eigenvalue weighted by Gasteiger charge is -2.10. The van der Waals surface area contributed by atoms with Crippen LogP contribution in [0.2, 0.25) is 0 Å². The first kappa shape index (κ1) is 18.1. The van der Waals surface area contributed by atoms with E-state index in [9.17, 15) is 9.59 Å². The van der Waals surface area contributed by atoms with Crippen molar-refractivity contribution >= 4 is 23.2 Å². The number of methoxy groups -OCH3 is 1. The molecule has 2 N–H and O–H groups in total. The number of para-hydroxylation sites is 1. The summed E-state index contributed by atoms with van der Waals surface area (Å²) >= 11 is 0. The van der Waals surface area contributed by atoms with E-state index in [4.69, 9.17) is 4.74 Å². The Labute approximate surface area is 157 Å². The highest BCUT2D eigenvalue weighted by Crippen LogP contribution is 2.20. The van der Waals surface area contributed by atoms with Crippen molar-refractivity contribution in [1.82, 2.24) is 4.98 Å². The lowest BCUT2D eigenvalue weighted by Crippen LogP contribution is -2.16. The Morgan fingerprint density at radius 1 is 0.963 bits per heavy atom. The molecule has 0 radical (unpaired) electrons. The molecule has 0 aliphatic rings. The van der Waals surface area contributed by atoms with Crippen molar-refractivity contribution in [2.45, 2.75) is 6.42 Å². The van der Waals surface area contributed by atoms with Gasteiger partial charge in [0.15, 0.2) is 0 Å². The fourth-order valence-electron chi connectivity index (χ4n) is 2.60. The van der Waals surface area contributed by atoms with Crippen LogP contribution in [-0.2, 0) is 11.2 Å². The smallest absolute Gasteiger partial charge is 0.257 e. The molecule has 6 nitrogen and oxygen atoms in total. The van der Waals surface area contributed by atoms with Crippen LogP contribution in [0.4, 0.5) is 11.4 Å². The Morgan fingerprint density at radius 2 is 1.74 bits per heavy atom. The summed E-state index contributed by atoms with van der Waals surface area (Å²) < 4.78 is 5.27. The van der Waals surface area contributed by atoms with E-state index in [-0.39, 0.29) is 18.2 Å². The Morgan fingerprint density at radius 3 is 2.48 bits per heavy atom. The number of carbonyl (C=O) groups is 2. The highest BCUT2D eigenvalue weighted by atomic mass is 16.5. The standard InChI is InChI=1S/C21H19N3O3/c1-27-19-10-3-2-6-15(19)12-20(25)23-17-8-4-9-18(13-17)24-21(26)16-7-5-11-22-14-16/h2-11,13-14H,12H2,1H3,(H,23,25)(H,24,26). The molecule has 136 valence electrons. The van der Waals surface area contributed by atoms with Gasteiger partial charge in [0.25, 0.3) is 5.91 Å². The number of nitrogens with one attached hydrogen (secondary N) is 2. The van der Waals surface area contributed by atoms with E-state index in [0.717, 1.165) is 5.56 Å². The number of pyridine rings is 1. The van der Waals surface area contributed by atoms with Gasteiger partial charge >= 0.3 is 0 Å². The lowest BCUT2D eigenvalue weighted by molar-refractivity contribution is -0.115. The largest absolute Gasteiger partial charge is 0.496 e. The number of carbonyl (C=O) groups excluding carboxylic acids is 2. The molecule has 3 rings (SSSR count). The van der Waals surface area contributed by atoms with Crippen molar-refractivity contribution in [3.05, 3.63) is 84.2 Å². The molecule has 2 aromatic carbocycles. The monoisotopic (exact) mass is 361 g/mol. The molecule has 2 amide bonds. The molecule has 0 atom stereocenters. The summed E-state index contributed by atoms with van der Waals surface area (Å²) in [6.45, 7) is 0. The number of benzene rings is 2. The van der Waals surface area contributed by atoms with Crippen molar-refractivity contribution in [3.63, 3.8) is 0 Å². The van der Waals surface area contributed by atoms with Gasteiger partial charge in [-0.25, -0.2) is 0 Å². The van der Waals surface area contributed by atoms with E-state index in [1.807, 2.05) is 24.3 Å². The Kier molecular flexibility index (Phi) is 5.79. The lowest BCUT2D eigenvalue weighted by atomic mass is 10.1. The Balaban J connectivity index is 1.65. The third-order valence-corrected chi connectivity index (χ3v) is 3.87. The minimum Gasteiger partial charge on any atom is -0.496 e. The van der Waals surface area contributed by atoms with Crippen LogP contribution in [0.15, 0.2) is 73.1 Å². The maximum Gasteiger partial charge on any atom is 0.257 e. The van der Waals surface area contributed by atoms with E-state index in [0.29, 0.717) is 22.7 Å². The van der Waals surface area contributed by atoms with Crippen molar-refractivity contribution in [3.8, 4) is 5.75 Å². The predicted octanol–water partition coefficient (Wildman–Crippen LogP) is 3.52. The molecule has 1 heterocycles. The van der Waals surface area contributed by atoms with Crippen LogP contribution >= 0.6 is 0 Å². The predicted molar refractivity (Wildman–Crippen MR) is 104 cm³/mol. The van der Waals surface area contributed by atoms with E-state index < -0.39 is 0 Å². The number of anilines is 2. The summed E-state index contributed by atoms with van der Waals surface area (Å²) in [6, 6.07) is 17.7. The number of aromatic nitrogens is 1. The van der Waals surface area contributed by atoms with Gasteiger partial charge in [-0.3, -0.25) is 14.6 Å². The summed E-state index contributed by atoms with van der Waals surface area (Å²) in [7, 11) is 1.57. The summed E-state index contributed by atoms with van der Waals surface area (Å²) in [5.74, 6) is 0.237. The van der Waals surface area contributed by atoms with Gasteiger partial charge in [-0.2, -0.15) is 0 Å². The first-order chi connectivity index (χ1) is 13.2. The zero-order valence-corrected chi connectivity index (χ0v) is 14.8. The van der Waals surface area contributed by atoms with Crippen molar-refractivity contribution < 1.29 is 14.3 Å². The van der Waals surface area contributed by atoms with Crippen LogP contribution in [0.1, 0.15) is 15.9 Å². The Hall–Kier alpha value is -3.67. The average molecular weight is 361 g/mol. The molecular formula is C21H19N3O3. The second-order valence-corrected chi connectivity index (χ2v) is 5.81. The molecule has 0 bridgehead atoms. The van der Waals surface area contributed by atoms with E-state index in [1.165, 1.54) is 6.20 Å². The van der Waals surface area contributed by atoms with Crippen LogP contribution in [0.5, 0.6) is 5.75 Å². The molecule has 1 aromatic heterocycles. The first-order valence-electron chi connectivity index (χ1n) is 8.39. The summed E-state index contributed by atoms with van der Waals surface area (Å²) in [6.07, 6.45) is 3.29. The second-order valence-electron chi connectivity index (χ2n) is 5.81. The first-order valence-corrected chi connectivity index (χ1v) is 8.39. The molecular weight excluding hydrogens is 342 g/mol. The van der Waals surface area contributed by atoms with Gasteiger partial charge in [0.2, 0.25) is 5.91 Å². The van der Waals surface area contributed by atoms with Gasteiger partial charge in [-0.1, -0.05) is 24.3 Å². The summed E-state index contributed by atoms with van der Waals surface area (Å²) in [5, 5.41) is 5.63. The highest BCUT2D eigenvalue weighted by molar-refractivity contribution is 6.04. The molecule has 6 heteroatoms. The number of rotatable bonds is 6. The topological polar surface area (TPSA) is 80.3 Å². The van der Waals surface area contributed by atoms with Gasteiger partial charge in [-0.05, 0) is 36.4 Å². The molecule has 0 saturated heterocycles. The summed E-state index contributed by atoms with van der Waals surface area (Å²) in [5.41, 5.74) is 2.44. The van der Waals surface area contributed by atoms with Crippen LogP contribution in [0, 0.1) is 0 Å². The van der Waals surface area contributed by atoms with Crippen LogP contribution in [0.3, 0.4) is 0 Å². The molecule has 0 aliphatic heterocycles. The maximum absolute atomic E-state index is 12.3. The molecule has 27 heavy (non-hydrogen) atoms. The number of hydrogen-bond acceptors (Lipinski definition) is 4. The number of ether oxygens (including phenoxy) is 1. The van der Waals surface area contributed by atoms with Gasteiger partial charge in [-0.15, -0.1) is 0 Å². The highest BCUT2D eigenvalue weighted by Gasteiger charge is 2.10. The molecule has 3 aromatic rings. The van der Waals surface area contributed by atoms with Gasteiger partial charge < -0.3 is 15.4 Å². The van der Waals surface area contributed by atoms with Gasteiger partial charge in [0.1, 0.15) is 5.75 Å². The average Bonchev–Trinajstić information content (AvgIpc) is 2.69. The van der Waals surface area contributed by atoms with Crippen LogP contribution < -0.4 is 15.4 Å². The normalized spacial score (nSPS) is 10.1. The molecule has 0 spiro atoms. The van der Waals surface area contributed by atoms with E-state index in [1.54, 1.807) is 49.7 Å². The number of nitrogens with zero attached hydrogens (tertiary/aromatic N) is 1. The van der Waals surface area contributed by atoms with E-state index in [2.05, 4.69) is 15.6 Å². The van der Waals surface area contributed by atoms with Crippen LogP contribution in [-0.4, -0.2) is 23.9 Å². The van der Waals surface area contributed by atoms with Crippen LogP contribution in [0.25, 0.3) is 0 Å². The fraction of sp³-hybridized carbons (Fsp3) is 0.0952. The number of hydrogen-bond donors (Lipinski definition) is 2. The summed E-state index contributed by atoms with van der Waals surface area (Å²) in [4.78, 5) is 28.5. The molecule has 0 fully saturated rings. The minimum atomic E-state index is -0.263. The minimum absolute atomic E-state index is 0.171. The quantitative estimate of drug-likeness (QED) is 0.704. The zero-order chi connectivity index (χ0) is 19.1. The maximum atomic E-state index is 12.3. The van der Waals surface area contributed by atoms with E-state index >= 15 is 0 Å². The Bertz CT molecular complexity index is 942. The van der Waals surface area contributed by atoms with Crippen molar-refractivity contribution in [2.75, 3.05) is 17.7 Å².